The molecule has 0 bridgehead atoms. The van der Waals surface area contributed by atoms with E-state index >= 15 is 0 Å². The molecule has 0 aromatic heterocycles. The van der Waals surface area contributed by atoms with Gasteiger partial charge in [0.1, 0.15) is 5.82 Å². The highest BCUT2D eigenvalue weighted by molar-refractivity contribution is 6.27. The zero-order valence-electron chi connectivity index (χ0n) is 20.8. The fraction of sp³-hybridized carbons (Fsp3) is 0.393. The molecule has 2 aromatic carbocycles. The predicted molar refractivity (Wildman–Crippen MR) is 138 cm³/mol. The zero-order valence-corrected chi connectivity index (χ0v) is 20.8. The third kappa shape index (κ3) is 9.44. The van der Waals surface area contributed by atoms with Gasteiger partial charge in [-0.15, -0.1) is 0 Å². The summed E-state index contributed by atoms with van der Waals surface area (Å²) in [5, 5.41) is 14.8. The van der Waals surface area contributed by atoms with Crippen LogP contribution in [0.2, 0.25) is 0 Å². The van der Waals surface area contributed by atoms with E-state index in [2.05, 4.69) is 51.1 Å². The largest absolute Gasteiger partial charge is 0.473 e. The van der Waals surface area contributed by atoms with Gasteiger partial charge < -0.3 is 15.1 Å². The van der Waals surface area contributed by atoms with Crippen LogP contribution >= 0.6 is 0 Å². The van der Waals surface area contributed by atoms with E-state index in [-0.39, 0.29) is 11.7 Å². The number of hydrogen-bond donors (Lipinski definition) is 2. The van der Waals surface area contributed by atoms with Gasteiger partial charge in [0, 0.05) is 45.2 Å². The van der Waals surface area contributed by atoms with Crippen LogP contribution in [0.15, 0.2) is 60.7 Å². The molecule has 4 rings (SSSR count). The number of likely N-dealkylation sites (tertiary alicyclic amines) is 1. The Bertz CT molecular complexity index is 1030. The van der Waals surface area contributed by atoms with Crippen molar-refractivity contribution in [3.63, 3.8) is 0 Å². The topological polar surface area (TPSA) is 101 Å². The van der Waals surface area contributed by atoms with E-state index in [1.807, 2.05) is 18.2 Å². The second-order valence-electron chi connectivity index (χ2n) is 9.23. The Kier molecular flexibility index (Phi) is 10.8. The third-order valence-corrected chi connectivity index (χ3v) is 6.60. The Balaban J connectivity index is 0.000000568. The number of hydrogen-bond acceptors (Lipinski definition) is 5. The van der Waals surface area contributed by atoms with Crippen molar-refractivity contribution in [2.24, 2.45) is 5.92 Å². The molecule has 0 saturated carbocycles. The maximum absolute atomic E-state index is 13.1. The molecule has 2 fully saturated rings. The molecular weight excluding hydrogens is 477 g/mol. The number of aliphatic carboxylic acids is 2. The number of carboxylic acids is 2. The first-order chi connectivity index (χ1) is 17.8. The summed E-state index contributed by atoms with van der Waals surface area (Å²) in [4.78, 5) is 38.0. The summed E-state index contributed by atoms with van der Waals surface area (Å²) in [6.07, 6.45) is 6.21. The summed E-state index contributed by atoms with van der Waals surface area (Å²) in [6.45, 7) is 7.15. The Labute approximate surface area is 216 Å². The summed E-state index contributed by atoms with van der Waals surface area (Å²) in [5.74, 6) is -3.36. The van der Waals surface area contributed by atoms with E-state index in [1.165, 1.54) is 17.7 Å². The van der Waals surface area contributed by atoms with Gasteiger partial charge in [0.2, 0.25) is 5.91 Å². The molecule has 0 spiro atoms. The average molecular weight is 512 g/mol. The SMILES string of the molecule is O=C(C1CCN(Cc2ccc(F)cc2)CC1)N1CCN(C/C=C/c2ccccc2)CC1.O=C(O)C(=O)O. The van der Waals surface area contributed by atoms with Gasteiger partial charge in [0.15, 0.2) is 0 Å². The van der Waals surface area contributed by atoms with Crippen molar-refractivity contribution in [2.75, 3.05) is 45.8 Å². The summed E-state index contributed by atoms with van der Waals surface area (Å²) in [6, 6.07) is 17.1. The maximum Gasteiger partial charge on any atom is 0.414 e. The van der Waals surface area contributed by atoms with Gasteiger partial charge in [-0.25, -0.2) is 14.0 Å². The monoisotopic (exact) mass is 511 g/mol. The minimum absolute atomic E-state index is 0.147. The quantitative estimate of drug-likeness (QED) is 0.575. The van der Waals surface area contributed by atoms with Crippen molar-refractivity contribution < 1.29 is 29.0 Å². The minimum atomic E-state index is -1.82. The van der Waals surface area contributed by atoms with Crippen molar-refractivity contribution in [3.05, 3.63) is 77.6 Å². The highest BCUT2D eigenvalue weighted by atomic mass is 19.1. The second-order valence-corrected chi connectivity index (χ2v) is 9.23. The van der Waals surface area contributed by atoms with Crippen molar-refractivity contribution >= 4 is 23.9 Å². The molecule has 8 nitrogen and oxygen atoms in total. The molecule has 0 atom stereocenters. The van der Waals surface area contributed by atoms with E-state index in [0.717, 1.165) is 70.8 Å². The molecule has 0 aliphatic carbocycles. The molecule has 2 saturated heterocycles. The predicted octanol–water partition coefficient (Wildman–Crippen LogP) is 3.05. The first-order valence-corrected chi connectivity index (χ1v) is 12.5. The lowest BCUT2D eigenvalue weighted by Gasteiger charge is -2.38. The van der Waals surface area contributed by atoms with Gasteiger partial charge in [-0.2, -0.15) is 0 Å². The molecule has 37 heavy (non-hydrogen) atoms. The van der Waals surface area contributed by atoms with E-state index in [1.54, 1.807) is 0 Å². The maximum atomic E-state index is 13.1. The van der Waals surface area contributed by atoms with Crippen LogP contribution < -0.4 is 0 Å². The Hall–Kier alpha value is -3.56. The van der Waals surface area contributed by atoms with Crippen LogP contribution in [0.5, 0.6) is 0 Å². The fourth-order valence-electron chi connectivity index (χ4n) is 4.50. The number of carbonyl (C=O) groups excluding carboxylic acids is 1. The number of benzene rings is 2. The molecule has 1 amide bonds. The molecular formula is C28H34FN3O5. The number of nitrogens with zero attached hydrogens (tertiary/aromatic N) is 3. The van der Waals surface area contributed by atoms with Crippen LogP contribution in [0.1, 0.15) is 24.0 Å². The van der Waals surface area contributed by atoms with Crippen LogP contribution in [0.25, 0.3) is 6.08 Å². The van der Waals surface area contributed by atoms with Crippen molar-refractivity contribution in [1.82, 2.24) is 14.7 Å². The molecule has 0 unspecified atom stereocenters. The molecule has 2 aliphatic rings. The smallest absolute Gasteiger partial charge is 0.414 e. The molecule has 2 aromatic rings. The summed E-state index contributed by atoms with van der Waals surface area (Å²) in [5.41, 5.74) is 2.35. The van der Waals surface area contributed by atoms with Crippen LogP contribution in [-0.2, 0) is 20.9 Å². The van der Waals surface area contributed by atoms with Gasteiger partial charge >= 0.3 is 11.9 Å². The lowest BCUT2D eigenvalue weighted by Crippen LogP contribution is -2.51. The van der Waals surface area contributed by atoms with Crippen LogP contribution in [0.3, 0.4) is 0 Å². The lowest BCUT2D eigenvalue weighted by molar-refractivity contribution is -0.159. The van der Waals surface area contributed by atoms with Crippen LogP contribution in [-0.4, -0.2) is 88.6 Å². The number of amides is 1. The van der Waals surface area contributed by atoms with Gasteiger partial charge in [-0.3, -0.25) is 14.6 Å². The normalized spacial score (nSPS) is 17.3. The highest BCUT2D eigenvalue weighted by Gasteiger charge is 2.30. The van der Waals surface area contributed by atoms with E-state index in [0.29, 0.717) is 5.91 Å². The number of carboxylic acid groups (broad SMARTS) is 2. The van der Waals surface area contributed by atoms with Gasteiger partial charge in [-0.05, 0) is 49.2 Å². The first kappa shape index (κ1) is 28.0. The van der Waals surface area contributed by atoms with Crippen LogP contribution in [0, 0.1) is 11.7 Å². The van der Waals surface area contributed by atoms with E-state index < -0.39 is 11.9 Å². The van der Waals surface area contributed by atoms with Gasteiger partial charge in [0.25, 0.3) is 0 Å². The first-order valence-electron chi connectivity index (χ1n) is 12.5. The Morgan fingerprint density at radius 2 is 1.41 bits per heavy atom. The van der Waals surface area contributed by atoms with Crippen molar-refractivity contribution in [3.8, 4) is 0 Å². The molecule has 2 heterocycles. The molecule has 0 radical (unpaired) electrons. The van der Waals surface area contributed by atoms with Crippen LogP contribution in [0.4, 0.5) is 4.39 Å². The molecule has 2 N–H and O–H groups in total. The number of rotatable bonds is 6. The number of carbonyl (C=O) groups is 3. The summed E-state index contributed by atoms with van der Waals surface area (Å²) >= 11 is 0. The lowest BCUT2D eigenvalue weighted by atomic mass is 9.94. The molecule has 9 heteroatoms. The van der Waals surface area contributed by atoms with Gasteiger partial charge in [0.05, 0.1) is 0 Å². The summed E-state index contributed by atoms with van der Waals surface area (Å²) < 4.78 is 13.1. The van der Waals surface area contributed by atoms with Gasteiger partial charge in [-0.1, -0.05) is 54.6 Å². The Morgan fingerprint density at radius 3 is 1.97 bits per heavy atom. The Morgan fingerprint density at radius 1 is 0.811 bits per heavy atom. The van der Waals surface area contributed by atoms with Crippen molar-refractivity contribution in [2.45, 2.75) is 19.4 Å². The van der Waals surface area contributed by atoms with E-state index in [9.17, 15) is 9.18 Å². The third-order valence-electron chi connectivity index (χ3n) is 6.60. The number of halogens is 1. The molecule has 198 valence electrons. The second kappa shape index (κ2) is 14.2. The standard InChI is InChI=1S/C26H32FN3O.C2H2O4/c27-25-10-8-23(9-11-25)21-29-15-12-24(13-16-29)26(31)30-19-17-28(18-20-30)14-4-7-22-5-2-1-3-6-22;3-1(4)2(5)6/h1-11,24H,12-21H2;(H,3,4)(H,5,6)/b7-4+;. The average Bonchev–Trinajstić information content (AvgIpc) is 2.91. The van der Waals surface area contributed by atoms with Crippen molar-refractivity contribution in [1.29, 1.82) is 0 Å². The van der Waals surface area contributed by atoms with E-state index in [4.69, 9.17) is 19.8 Å². The fourth-order valence-corrected chi connectivity index (χ4v) is 4.50. The highest BCUT2D eigenvalue weighted by Crippen LogP contribution is 2.22. The zero-order chi connectivity index (χ0) is 26.6. The summed E-state index contributed by atoms with van der Waals surface area (Å²) in [7, 11) is 0. The number of piperazine rings is 1. The molecule has 2 aliphatic heterocycles. The minimum Gasteiger partial charge on any atom is -0.473 e. The number of piperidine rings is 1.